The number of carbonyl (C=O) groups excluding carboxylic acids is 1. The van der Waals surface area contributed by atoms with E-state index in [4.69, 9.17) is 17.3 Å². The minimum atomic E-state index is -0.528. The lowest BCUT2D eigenvalue weighted by atomic mass is 9.76. The van der Waals surface area contributed by atoms with Gasteiger partial charge in [0.05, 0.1) is 17.6 Å². The molecule has 2 N–H and O–H groups in total. The summed E-state index contributed by atoms with van der Waals surface area (Å²) in [7, 11) is 0. The zero-order chi connectivity index (χ0) is 23.7. The number of Topliss-reactive ketones (excluding diaryl/α,β-unsaturated/α-hetero) is 1. The van der Waals surface area contributed by atoms with E-state index in [2.05, 4.69) is 21.3 Å². The fourth-order valence-corrected chi connectivity index (χ4v) is 6.46. The molecule has 0 unspecified atom stereocenters. The van der Waals surface area contributed by atoms with Crippen LogP contribution < -0.4 is 10.6 Å². The molecule has 1 atom stereocenters. The molecule has 170 valence electrons. The number of hydrogen-bond donors (Lipinski definition) is 1. The van der Waals surface area contributed by atoms with Gasteiger partial charge in [0.25, 0.3) is 0 Å². The van der Waals surface area contributed by atoms with E-state index < -0.39 is 5.92 Å². The molecule has 0 spiro atoms. The van der Waals surface area contributed by atoms with Crippen molar-refractivity contribution in [2.24, 2.45) is 5.73 Å². The Labute approximate surface area is 210 Å². The Bertz CT molecular complexity index is 1360. The smallest absolute Gasteiger partial charge is 0.219 e. The summed E-state index contributed by atoms with van der Waals surface area (Å²) in [6.45, 7) is 0. The summed E-state index contributed by atoms with van der Waals surface area (Å²) < 4.78 is 0.750. The molecule has 1 aliphatic heterocycles. The van der Waals surface area contributed by atoms with Gasteiger partial charge in [-0.05, 0) is 36.1 Å². The number of aromatic nitrogens is 3. The first-order valence-electron chi connectivity index (χ1n) is 10.6. The van der Waals surface area contributed by atoms with Crippen LogP contribution >= 0.6 is 34.7 Å². The fraction of sp³-hybridized carbons (Fsp3) is 0.208. The molecule has 0 fully saturated rings. The van der Waals surface area contributed by atoms with Crippen LogP contribution in [0.1, 0.15) is 36.3 Å². The van der Waals surface area contributed by atoms with E-state index in [0.29, 0.717) is 39.9 Å². The number of ketones is 1. The summed E-state index contributed by atoms with van der Waals surface area (Å²) in [6, 6.07) is 13.6. The highest BCUT2D eigenvalue weighted by molar-refractivity contribution is 8.00. The third kappa shape index (κ3) is 4.09. The quantitative estimate of drug-likeness (QED) is 0.471. The van der Waals surface area contributed by atoms with Crippen molar-refractivity contribution in [3.63, 3.8) is 0 Å². The van der Waals surface area contributed by atoms with Crippen molar-refractivity contribution in [1.82, 2.24) is 15.2 Å². The van der Waals surface area contributed by atoms with E-state index in [1.54, 1.807) is 23.4 Å². The summed E-state index contributed by atoms with van der Waals surface area (Å²) >= 11 is 9.18. The number of nitrogens with two attached hydrogens (primary N) is 1. The molecule has 0 saturated carbocycles. The van der Waals surface area contributed by atoms with Crippen LogP contribution in [-0.4, -0.2) is 21.0 Å². The molecule has 3 aromatic rings. The molecular formula is C24H19ClN6OS2. The summed E-state index contributed by atoms with van der Waals surface area (Å²) in [5.41, 5.74) is 10.1. The number of halogens is 1. The summed E-state index contributed by atoms with van der Waals surface area (Å²) in [5, 5.41) is 20.0. The summed E-state index contributed by atoms with van der Waals surface area (Å²) in [6.07, 6.45) is 5.18. The van der Waals surface area contributed by atoms with Crippen molar-refractivity contribution < 1.29 is 4.79 Å². The number of benzene rings is 1. The van der Waals surface area contributed by atoms with Crippen molar-refractivity contribution in [1.29, 1.82) is 5.26 Å². The zero-order valence-corrected chi connectivity index (χ0v) is 20.3. The molecule has 0 bridgehead atoms. The van der Waals surface area contributed by atoms with Gasteiger partial charge >= 0.3 is 0 Å². The first kappa shape index (κ1) is 22.6. The van der Waals surface area contributed by atoms with Gasteiger partial charge in [-0.1, -0.05) is 59.0 Å². The minimum Gasteiger partial charge on any atom is -0.384 e. The van der Waals surface area contributed by atoms with Crippen molar-refractivity contribution >= 4 is 45.6 Å². The lowest BCUT2D eigenvalue weighted by Gasteiger charge is -2.37. The van der Waals surface area contributed by atoms with Crippen molar-refractivity contribution in [3.05, 3.63) is 87.6 Å². The van der Waals surface area contributed by atoms with E-state index in [1.807, 2.05) is 30.3 Å². The predicted molar refractivity (Wildman–Crippen MR) is 133 cm³/mol. The van der Waals surface area contributed by atoms with Crippen LogP contribution in [0.5, 0.6) is 0 Å². The Balaban J connectivity index is 1.52. The highest BCUT2D eigenvalue weighted by Gasteiger charge is 2.41. The van der Waals surface area contributed by atoms with Crippen LogP contribution in [0.15, 0.2) is 75.8 Å². The lowest BCUT2D eigenvalue weighted by Crippen LogP contribution is -2.38. The van der Waals surface area contributed by atoms with Crippen molar-refractivity contribution in [2.45, 2.75) is 35.3 Å². The maximum Gasteiger partial charge on any atom is 0.219 e. The van der Waals surface area contributed by atoms with Gasteiger partial charge in [0.2, 0.25) is 5.13 Å². The fourth-order valence-electron chi connectivity index (χ4n) is 4.29. The molecule has 1 aliphatic carbocycles. The first-order chi connectivity index (χ1) is 16.6. The van der Waals surface area contributed by atoms with E-state index >= 15 is 0 Å². The highest BCUT2D eigenvalue weighted by atomic mass is 35.5. The Hall–Kier alpha value is -3.19. The van der Waals surface area contributed by atoms with Gasteiger partial charge in [-0.3, -0.25) is 14.7 Å². The number of hydrogen-bond acceptors (Lipinski definition) is 9. The number of nitrogens with zero attached hydrogens (tertiary/aromatic N) is 5. The maximum atomic E-state index is 13.1. The normalized spacial score (nSPS) is 18.2. The second-order valence-electron chi connectivity index (χ2n) is 7.83. The maximum absolute atomic E-state index is 13.1. The summed E-state index contributed by atoms with van der Waals surface area (Å²) in [5.74, 6) is 0.431. The van der Waals surface area contributed by atoms with E-state index in [0.717, 1.165) is 27.6 Å². The van der Waals surface area contributed by atoms with Gasteiger partial charge in [0.1, 0.15) is 5.82 Å². The molecule has 0 saturated heterocycles. The zero-order valence-electron chi connectivity index (χ0n) is 17.9. The largest absolute Gasteiger partial charge is 0.384 e. The molecule has 2 aliphatic rings. The summed E-state index contributed by atoms with van der Waals surface area (Å²) in [4.78, 5) is 19.1. The average Bonchev–Trinajstić information content (AvgIpc) is 3.32. The third-order valence-electron chi connectivity index (χ3n) is 5.83. The number of carbonyl (C=O) groups is 1. The standard InChI is InChI=1S/C24H19ClN6OS2/c25-17-7-2-1-5-15(17)13-33-24-30-29-23(34-24)31-18-8-3-9-19(32)21(18)20(16(11-26)22(31)27)14-6-4-10-28-12-14/h1-2,4-7,10,12,20H,3,8-9,13,27H2/t20-/m0/s1. The molecule has 0 radical (unpaired) electrons. The van der Waals surface area contributed by atoms with Gasteiger partial charge in [-0.2, -0.15) is 5.26 Å². The van der Waals surface area contributed by atoms with Gasteiger partial charge in [-0.25, -0.2) is 0 Å². The molecule has 34 heavy (non-hydrogen) atoms. The van der Waals surface area contributed by atoms with Crippen LogP contribution in [0.4, 0.5) is 5.13 Å². The van der Waals surface area contributed by atoms with Gasteiger partial charge < -0.3 is 5.73 Å². The van der Waals surface area contributed by atoms with Crippen LogP contribution in [0.3, 0.4) is 0 Å². The van der Waals surface area contributed by atoms with Crippen LogP contribution in [0.25, 0.3) is 0 Å². The van der Waals surface area contributed by atoms with Gasteiger partial charge in [0, 0.05) is 40.9 Å². The number of nitriles is 1. The molecule has 7 nitrogen and oxygen atoms in total. The van der Waals surface area contributed by atoms with E-state index in [1.165, 1.54) is 23.1 Å². The van der Waals surface area contributed by atoms with Gasteiger partial charge in [0.15, 0.2) is 10.1 Å². The van der Waals surface area contributed by atoms with Crippen molar-refractivity contribution in [3.8, 4) is 6.07 Å². The molecule has 5 rings (SSSR count). The second-order valence-corrected chi connectivity index (χ2v) is 10.4. The Morgan fingerprint density at radius 1 is 1.24 bits per heavy atom. The Morgan fingerprint density at radius 2 is 2.09 bits per heavy atom. The predicted octanol–water partition coefficient (Wildman–Crippen LogP) is 5.18. The molecular weight excluding hydrogens is 488 g/mol. The number of anilines is 1. The topological polar surface area (TPSA) is 109 Å². The third-order valence-corrected chi connectivity index (χ3v) is 8.29. The second kappa shape index (κ2) is 9.58. The molecule has 10 heteroatoms. The monoisotopic (exact) mass is 506 g/mol. The number of rotatable bonds is 5. The van der Waals surface area contributed by atoms with Crippen LogP contribution in [0, 0.1) is 11.3 Å². The van der Waals surface area contributed by atoms with Crippen LogP contribution in [0.2, 0.25) is 5.02 Å². The Morgan fingerprint density at radius 3 is 2.85 bits per heavy atom. The van der Waals surface area contributed by atoms with E-state index in [-0.39, 0.29) is 11.6 Å². The number of allylic oxidation sites excluding steroid dienone is 3. The lowest BCUT2D eigenvalue weighted by molar-refractivity contribution is -0.116. The number of pyridine rings is 1. The van der Waals surface area contributed by atoms with Crippen molar-refractivity contribution in [2.75, 3.05) is 4.90 Å². The Kier molecular flexibility index (Phi) is 6.37. The SMILES string of the molecule is N#CC1=C(N)N(c2nnc(SCc3ccccc3Cl)s2)C2=C(C(=O)CCC2)[C@H]1c1cccnc1. The average molecular weight is 507 g/mol. The molecule has 3 heterocycles. The van der Waals surface area contributed by atoms with Gasteiger partial charge in [-0.15, -0.1) is 10.2 Å². The molecule has 0 amide bonds. The highest BCUT2D eigenvalue weighted by Crippen LogP contribution is 2.47. The molecule has 2 aromatic heterocycles. The van der Waals surface area contributed by atoms with E-state index in [9.17, 15) is 10.1 Å². The van der Waals surface area contributed by atoms with Crippen LogP contribution in [-0.2, 0) is 10.5 Å². The molecule has 1 aromatic carbocycles. The first-order valence-corrected chi connectivity index (χ1v) is 12.8. The minimum absolute atomic E-state index is 0.0261. The number of thioether (sulfide) groups is 1.